The van der Waals surface area contributed by atoms with Gasteiger partial charge in [-0.05, 0) is 19.0 Å². The number of likely N-dealkylation sites (N-methyl/N-ethyl adjacent to an activating group) is 1. The zero-order chi connectivity index (χ0) is 14.2. The van der Waals surface area contributed by atoms with Crippen LogP contribution in [0.4, 0.5) is 0 Å². The van der Waals surface area contributed by atoms with Gasteiger partial charge in [0.25, 0.3) is 5.91 Å². The molecule has 0 spiro atoms. The van der Waals surface area contributed by atoms with E-state index in [1.54, 1.807) is 0 Å². The van der Waals surface area contributed by atoms with Gasteiger partial charge in [0.05, 0.1) is 6.10 Å². The molecule has 106 valence electrons. The summed E-state index contributed by atoms with van der Waals surface area (Å²) in [5, 5.41) is 0. The number of hydrogen-bond donors (Lipinski definition) is 1. The number of primary amides is 1. The lowest BCUT2D eigenvalue weighted by Crippen LogP contribution is -2.47. The monoisotopic (exact) mass is 272 g/mol. The van der Waals surface area contributed by atoms with Crippen LogP contribution in [-0.2, 0) is 15.1 Å². The quantitative estimate of drug-likeness (QED) is 0.907. The standard InChI is InChI=1S/C16H20N2O2/c1-18-10-8-13(11-18)20-16(15(17)19)9-4-6-12-5-2-3-7-14(12)16/h2-7,13H,8-11H2,1H3,(H2,17,19). The summed E-state index contributed by atoms with van der Waals surface area (Å²) >= 11 is 0. The molecular weight excluding hydrogens is 252 g/mol. The highest BCUT2D eigenvalue weighted by Gasteiger charge is 2.44. The van der Waals surface area contributed by atoms with E-state index in [9.17, 15) is 4.79 Å². The maximum atomic E-state index is 12.2. The number of carbonyl (C=O) groups excluding carboxylic acids is 1. The van der Waals surface area contributed by atoms with Crippen LogP contribution in [0.2, 0.25) is 0 Å². The molecule has 2 atom stereocenters. The third-order valence-corrected chi connectivity index (χ3v) is 4.21. The van der Waals surface area contributed by atoms with Crippen LogP contribution in [0, 0.1) is 0 Å². The fraction of sp³-hybridized carbons (Fsp3) is 0.438. The highest BCUT2D eigenvalue weighted by Crippen LogP contribution is 2.38. The van der Waals surface area contributed by atoms with Crippen LogP contribution in [0.3, 0.4) is 0 Å². The summed E-state index contributed by atoms with van der Waals surface area (Å²) in [6.07, 6.45) is 5.52. The first-order valence-corrected chi connectivity index (χ1v) is 7.04. The van der Waals surface area contributed by atoms with Gasteiger partial charge in [-0.3, -0.25) is 4.79 Å². The second-order valence-electron chi connectivity index (χ2n) is 5.68. The van der Waals surface area contributed by atoms with E-state index in [0.717, 1.165) is 30.6 Å². The van der Waals surface area contributed by atoms with Crippen molar-refractivity contribution >= 4 is 12.0 Å². The van der Waals surface area contributed by atoms with Crippen molar-refractivity contribution in [2.24, 2.45) is 5.73 Å². The molecule has 2 N–H and O–H groups in total. The number of amides is 1. The molecule has 1 aromatic rings. The van der Waals surface area contributed by atoms with Crippen molar-refractivity contribution in [2.75, 3.05) is 20.1 Å². The molecule has 4 nitrogen and oxygen atoms in total. The molecule has 1 aliphatic heterocycles. The Kier molecular flexibility index (Phi) is 3.36. The Bertz CT molecular complexity index is 555. The van der Waals surface area contributed by atoms with Gasteiger partial charge in [0.15, 0.2) is 5.60 Å². The number of hydrogen-bond acceptors (Lipinski definition) is 3. The lowest BCUT2D eigenvalue weighted by molar-refractivity contribution is -0.153. The van der Waals surface area contributed by atoms with E-state index in [1.165, 1.54) is 0 Å². The zero-order valence-corrected chi connectivity index (χ0v) is 11.7. The molecule has 4 heteroatoms. The number of benzene rings is 1. The predicted octanol–water partition coefficient (Wildman–Crippen LogP) is 1.50. The first-order valence-electron chi connectivity index (χ1n) is 7.04. The Morgan fingerprint density at radius 1 is 1.45 bits per heavy atom. The molecule has 0 radical (unpaired) electrons. The summed E-state index contributed by atoms with van der Waals surface area (Å²) < 4.78 is 6.23. The molecule has 1 saturated heterocycles. The Morgan fingerprint density at radius 3 is 2.95 bits per heavy atom. The molecule has 0 aromatic heterocycles. The summed E-state index contributed by atoms with van der Waals surface area (Å²) in [4.78, 5) is 14.4. The van der Waals surface area contributed by atoms with Crippen molar-refractivity contribution in [3.63, 3.8) is 0 Å². The van der Waals surface area contributed by atoms with Crippen LogP contribution in [-0.4, -0.2) is 37.0 Å². The molecular formula is C16H20N2O2. The molecule has 3 rings (SSSR count). The SMILES string of the molecule is CN1CCC(OC2(C(N)=O)CC=Cc3ccccc32)C1. The van der Waals surface area contributed by atoms with Crippen molar-refractivity contribution in [3.05, 3.63) is 41.5 Å². The Morgan fingerprint density at radius 2 is 2.25 bits per heavy atom. The molecule has 2 aliphatic rings. The number of fused-ring (bicyclic) bond motifs is 1. The largest absolute Gasteiger partial charge is 0.367 e. The minimum absolute atomic E-state index is 0.0621. The van der Waals surface area contributed by atoms with E-state index < -0.39 is 11.5 Å². The zero-order valence-electron chi connectivity index (χ0n) is 11.7. The third-order valence-electron chi connectivity index (χ3n) is 4.21. The minimum atomic E-state index is -1.01. The van der Waals surface area contributed by atoms with E-state index in [2.05, 4.69) is 11.9 Å². The number of ether oxygens (including phenoxy) is 1. The Balaban J connectivity index is 1.97. The molecule has 1 aliphatic carbocycles. The predicted molar refractivity (Wildman–Crippen MR) is 78.0 cm³/mol. The minimum Gasteiger partial charge on any atom is -0.367 e. The molecule has 1 heterocycles. The molecule has 1 aromatic carbocycles. The van der Waals surface area contributed by atoms with Crippen LogP contribution >= 0.6 is 0 Å². The van der Waals surface area contributed by atoms with Crippen LogP contribution in [0.1, 0.15) is 24.0 Å². The number of nitrogens with two attached hydrogens (primary N) is 1. The summed E-state index contributed by atoms with van der Waals surface area (Å²) in [5.74, 6) is -0.399. The van der Waals surface area contributed by atoms with Crippen LogP contribution in [0.25, 0.3) is 6.08 Å². The fourth-order valence-electron chi connectivity index (χ4n) is 3.15. The first-order chi connectivity index (χ1) is 9.62. The molecule has 1 fully saturated rings. The Hall–Kier alpha value is -1.65. The first kappa shape index (κ1) is 13.3. The highest BCUT2D eigenvalue weighted by atomic mass is 16.5. The molecule has 1 amide bonds. The van der Waals surface area contributed by atoms with E-state index >= 15 is 0 Å². The van der Waals surface area contributed by atoms with Gasteiger partial charge in [0, 0.05) is 25.1 Å². The topological polar surface area (TPSA) is 55.6 Å². The number of nitrogens with zero attached hydrogens (tertiary/aromatic N) is 1. The van der Waals surface area contributed by atoms with Gasteiger partial charge in [-0.25, -0.2) is 0 Å². The van der Waals surface area contributed by atoms with Gasteiger partial charge < -0.3 is 15.4 Å². The van der Waals surface area contributed by atoms with Crippen molar-refractivity contribution in [3.8, 4) is 0 Å². The molecule has 20 heavy (non-hydrogen) atoms. The van der Waals surface area contributed by atoms with Crippen molar-refractivity contribution in [2.45, 2.75) is 24.5 Å². The van der Waals surface area contributed by atoms with Crippen LogP contribution in [0.5, 0.6) is 0 Å². The van der Waals surface area contributed by atoms with Gasteiger partial charge in [0.1, 0.15) is 0 Å². The number of rotatable bonds is 3. The van der Waals surface area contributed by atoms with Crippen molar-refractivity contribution in [1.29, 1.82) is 0 Å². The smallest absolute Gasteiger partial charge is 0.254 e. The van der Waals surface area contributed by atoms with E-state index in [4.69, 9.17) is 10.5 Å². The maximum absolute atomic E-state index is 12.2. The van der Waals surface area contributed by atoms with E-state index in [-0.39, 0.29) is 6.10 Å². The fourth-order valence-corrected chi connectivity index (χ4v) is 3.15. The second-order valence-corrected chi connectivity index (χ2v) is 5.68. The second kappa shape index (κ2) is 5.04. The van der Waals surface area contributed by atoms with Crippen molar-refractivity contribution in [1.82, 2.24) is 4.90 Å². The van der Waals surface area contributed by atoms with Crippen molar-refractivity contribution < 1.29 is 9.53 Å². The number of likely N-dealkylation sites (tertiary alicyclic amines) is 1. The van der Waals surface area contributed by atoms with Gasteiger partial charge in [0.2, 0.25) is 0 Å². The average molecular weight is 272 g/mol. The summed E-state index contributed by atoms with van der Waals surface area (Å²) in [6.45, 7) is 1.85. The third kappa shape index (κ3) is 2.15. The maximum Gasteiger partial charge on any atom is 0.254 e. The average Bonchev–Trinajstić information content (AvgIpc) is 2.84. The summed E-state index contributed by atoms with van der Waals surface area (Å²) in [6, 6.07) is 7.83. The van der Waals surface area contributed by atoms with E-state index in [1.807, 2.05) is 36.4 Å². The molecule has 0 bridgehead atoms. The lowest BCUT2D eigenvalue weighted by Gasteiger charge is -2.36. The Labute approximate surface area is 119 Å². The molecule has 0 saturated carbocycles. The van der Waals surface area contributed by atoms with Crippen LogP contribution in [0.15, 0.2) is 30.3 Å². The van der Waals surface area contributed by atoms with Gasteiger partial charge >= 0.3 is 0 Å². The lowest BCUT2D eigenvalue weighted by atomic mass is 9.82. The summed E-state index contributed by atoms with van der Waals surface area (Å²) in [5.41, 5.74) is 6.62. The molecule has 2 unspecified atom stereocenters. The van der Waals surface area contributed by atoms with Crippen LogP contribution < -0.4 is 5.73 Å². The number of carbonyl (C=O) groups is 1. The van der Waals surface area contributed by atoms with Gasteiger partial charge in [-0.1, -0.05) is 36.4 Å². The highest BCUT2D eigenvalue weighted by molar-refractivity contribution is 5.88. The van der Waals surface area contributed by atoms with Gasteiger partial charge in [-0.15, -0.1) is 0 Å². The van der Waals surface area contributed by atoms with Gasteiger partial charge in [-0.2, -0.15) is 0 Å². The summed E-state index contributed by atoms with van der Waals surface area (Å²) in [7, 11) is 2.06. The normalized spacial score (nSPS) is 29.4. The van der Waals surface area contributed by atoms with E-state index in [0.29, 0.717) is 6.42 Å².